The van der Waals surface area contributed by atoms with Crippen molar-refractivity contribution in [2.45, 2.75) is 11.1 Å². The van der Waals surface area contributed by atoms with Gasteiger partial charge in [-0.1, -0.05) is 12.1 Å². The summed E-state index contributed by atoms with van der Waals surface area (Å²) in [4.78, 5) is 0.0379. The van der Waals surface area contributed by atoms with Gasteiger partial charge in [0.1, 0.15) is 0 Å². The average molecular weight is 315 g/mol. The molecule has 112 valence electrons. The molecule has 0 aliphatic carbocycles. The molecule has 0 aliphatic heterocycles. The van der Waals surface area contributed by atoms with Gasteiger partial charge in [-0.05, 0) is 41.5 Å². The van der Waals surface area contributed by atoms with Gasteiger partial charge in [0.15, 0.2) is 9.84 Å². The van der Waals surface area contributed by atoms with Crippen molar-refractivity contribution in [1.82, 2.24) is 0 Å². The van der Waals surface area contributed by atoms with Gasteiger partial charge in [0, 0.05) is 11.9 Å². The summed E-state index contributed by atoms with van der Waals surface area (Å²) >= 11 is 0. The first-order valence-electron chi connectivity index (χ1n) is 5.85. The topological polar surface area (TPSA) is 60.2 Å². The second-order valence-electron chi connectivity index (χ2n) is 4.64. The van der Waals surface area contributed by atoms with E-state index in [1.54, 1.807) is 0 Å². The molecule has 0 spiro atoms. The van der Waals surface area contributed by atoms with Crippen LogP contribution in [0.1, 0.15) is 5.56 Å². The van der Waals surface area contributed by atoms with Gasteiger partial charge < -0.3 is 5.73 Å². The summed E-state index contributed by atoms with van der Waals surface area (Å²) in [5.74, 6) is 0. The van der Waals surface area contributed by atoms with E-state index in [1.165, 1.54) is 30.3 Å². The van der Waals surface area contributed by atoms with E-state index in [0.29, 0.717) is 5.56 Å². The summed E-state index contributed by atoms with van der Waals surface area (Å²) in [5.41, 5.74) is 5.16. The zero-order valence-electron chi connectivity index (χ0n) is 11.0. The first-order valence-corrected chi connectivity index (χ1v) is 7.75. The van der Waals surface area contributed by atoms with Crippen molar-refractivity contribution < 1.29 is 21.6 Å². The van der Waals surface area contributed by atoms with E-state index in [9.17, 15) is 21.6 Å². The van der Waals surface area contributed by atoms with Crippen molar-refractivity contribution in [3.8, 4) is 11.1 Å². The lowest BCUT2D eigenvalue weighted by molar-refractivity contribution is -0.137. The number of nitrogens with two attached hydrogens (primary N) is 1. The Morgan fingerprint density at radius 2 is 1.67 bits per heavy atom. The van der Waals surface area contributed by atoms with Gasteiger partial charge in [0.25, 0.3) is 0 Å². The predicted molar refractivity (Wildman–Crippen MR) is 74.4 cm³/mol. The Kier molecular flexibility index (Phi) is 3.71. The number of sulfone groups is 1. The van der Waals surface area contributed by atoms with Crippen LogP contribution in [0.15, 0.2) is 47.4 Å². The maximum absolute atomic E-state index is 12.8. The molecule has 0 unspecified atom stereocenters. The number of rotatable bonds is 2. The Balaban J connectivity index is 2.60. The first kappa shape index (κ1) is 15.4. The van der Waals surface area contributed by atoms with Crippen LogP contribution < -0.4 is 5.73 Å². The van der Waals surface area contributed by atoms with Crippen molar-refractivity contribution in [1.29, 1.82) is 0 Å². The van der Waals surface area contributed by atoms with Crippen LogP contribution in [0, 0.1) is 0 Å². The molecule has 2 N–H and O–H groups in total. The second kappa shape index (κ2) is 5.07. The number of benzene rings is 2. The molecule has 2 aromatic carbocycles. The molecule has 0 radical (unpaired) electrons. The van der Waals surface area contributed by atoms with Crippen LogP contribution in [0.4, 0.5) is 18.9 Å². The number of halogens is 3. The van der Waals surface area contributed by atoms with Gasteiger partial charge in [-0.2, -0.15) is 13.2 Å². The molecule has 3 nitrogen and oxygen atoms in total. The summed E-state index contributed by atoms with van der Waals surface area (Å²) in [6, 6.07) is 8.87. The summed E-state index contributed by atoms with van der Waals surface area (Å²) in [6.07, 6.45) is -3.48. The van der Waals surface area contributed by atoms with Crippen LogP contribution in [0.25, 0.3) is 11.1 Å². The van der Waals surface area contributed by atoms with E-state index >= 15 is 0 Å². The Hall–Kier alpha value is -2.02. The first-order chi connectivity index (χ1) is 9.57. The van der Waals surface area contributed by atoms with Gasteiger partial charge >= 0.3 is 6.18 Å². The van der Waals surface area contributed by atoms with Crippen LogP contribution in [0.2, 0.25) is 0 Å². The quantitative estimate of drug-likeness (QED) is 0.865. The van der Waals surface area contributed by atoms with E-state index in [-0.39, 0.29) is 16.1 Å². The Labute approximate surface area is 120 Å². The van der Waals surface area contributed by atoms with E-state index in [2.05, 4.69) is 0 Å². The van der Waals surface area contributed by atoms with Crippen LogP contribution in [-0.4, -0.2) is 14.7 Å². The van der Waals surface area contributed by atoms with Crippen LogP contribution in [-0.2, 0) is 16.0 Å². The fourth-order valence-corrected chi connectivity index (χ4v) is 2.56. The van der Waals surface area contributed by atoms with E-state index in [1.807, 2.05) is 0 Å². The number of hydrogen-bond donors (Lipinski definition) is 1. The van der Waals surface area contributed by atoms with Crippen LogP contribution >= 0.6 is 0 Å². The fraction of sp³-hybridized carbons (Fsp3) is 0.143. The summed E-state index contributed by atoms with van der Waals surface area (Å²) < 4.78 is 61.4. The summed E-state index contributed by atoms with van der Waals surface area (Å²) in [7, 11) is -3.44. The highest BCUT2D eigenvalue weighted by molar-refractivity contribution is 7.90. The SMILES string of the molecule is CS(=O)(=O)c1cccc(-c2cc(N)cc(C(F)(F)F)c2)c1. The Morgan fingerprint density at radius 1 is 1.00 bits per heavy atom. The van der Waals surface area contributed by atoms with Crippen molar-refractivity contribution >= 4 is 15.5 Å². The van der Waals surface area contributed by atoms with Crippen LogP contribution in [0.5, 0.6) is 0 Å². The number of anilines is 1. The summed E-state index contributed by atoms with van der Waals surface area (Å²) in [6.45, 7) is 0. The molecule has 0 aliphatic rings. The number of hydrogen-bond acceptors (Lipinski definition) is 3. The molecule has 2 aromatic rings. The summed E-state index contributed by atoms with van der Waals surface area (Å²) in [5, 5.41) is 0. The van der Waals surface area contributed by atoms with Crippen LogP contribution in [0.3, 0.4) is 0 Å². The molecule has 0 atom stereocenters. The lowest BCUT2D eigenvalue weighted by atomic mass is 10.0. The molecule has 0 fully saturated rings. The normalized spacial score (nSPS) is 12.4. The minimum absolute atomic E-state index is 0.0374. The molecule has 0 saturated carbocycles. The van der Waals surface area contributed by atoms with Crippen molar-refractivity contribution in [3.05, 3.63) is 48.0 Å². The molecule has 0 bridgehead atoms. The maximum atomic E-state index is 12.8. The van der Waals surface area contributed by atoms with E-state index in [4.69, 9.17) is 5.73 Å². The smallest absolute Gasteiger partial charge is 0.399 e. The molecule has 0 saturated heterocycles. The third kappa shape index (κ3) is 3.55. The predicted octanol–water partition coefficient (Wildman–Crippen LogP) is 3.36. The minimum atomic E-state index is -4.52. The van der Waals surface area contributed by atoms with E-state index < -0.39 is 21.6 Å². The standard InChI is InChI=1S/C14H12F3NO2S/c1-21(19,20)13-4-2-3-9(7-13)10-5-11(14(15,16)17)8-12(18)6-10/h2-8H,18H2,1H3. The average Bonchev–Trinajstić information content (AvgIpc) is 2.36. The maximum Gasteiger partial charge on any atom is 0.416 e. The Morgan fingerprint density at radius 3 is 2.24 bits per heavy atom. The lowest BCUT2D eigenvalue weighted by Gasteiger charge is -2.11. The highest BCUT2D eigenvalue weighted by atomic mass is 32.2. The highest BCUT2D eigenvalue weighted by Crippen LogP contribution is 2.34. The molecular formula is C14H12F3NO2S. The molecule has 21 heavy (non-hydrogen) atoms. The van der Waals surface area contributed by atoms with Crippen molar-refractivity contribution in [2.75, 3.05) is 12.0 Å². The molecule has 7 heteroatoms. The van der Waals surface area contributed by atoms with E-state index in [0.717, 1.165) is 18.4 Å². The molecule has 0 aromatic heterocycles. The van der Waals surface area contributed by atoms with Gasteiger partial charge in [-0.3, -0.25) is 0 Å². The third-order valence-corrected chi connectivity index (χ3v) is 3.99. The van der Waals surface area contributed by atoms with Crippen molar-refractivity contribution in [2.24, 2.45) is 0 Å². The Bertz CT molecular complexity index is 783. The third-order valence-electron chi connectivity index (χ3n) is 2.88. The van der Waals surface area contributed by atoms with Gasteiger partial charge in [0.05, 0.1) is 10.5 Å². The largest absolute Gasteiger partial charge is 0.416 e. The zero-order chi connectivity index (χ0) is 15.8. The minimum Gasteiger partial charge on any atom is -0.399 e. The van der Waals surface area contributed by atoms with Gasteiger partial charge in [-0.25, -0.2) is 8.42 Å². The highest BCUT2D eigenvalue weighted by Gasteiger charge is 2.31. The van der Waals surface area contributed by atoms with Gasteiger partial charge in [-0.15, -0.1) is 0 Å². The molecule has 0 amide bonds. The van der Waals surface area contributed by atoms with Gasteiger partial charge in [0.2, 0.25) is 0 Å². The molecule has 0 heterocycles. The zero-order valence-corrected chi connectivity index (χ0v) is 11.8. The lowest BCUT2D eigenvalue weighted by Crippen LogP contribution is -2.06. The molecule has 2 rings (SSSR count). The number of nitrogen functional groups attached to an aromatic ring is 1. The monoisotopic (exact) mass is 315 g/mol. The fourth-order valence-electron chi connectivity index (χ4n) is 1.89. The van der Waals surface area contributed by atoms with Crippen molar-refractivity contribution in [3.63, 3.8) is 0 Å². The molecular weight excluding hydrogens is 303 g/mol. The second-order valence-corrected chi connectivity index (χ2v) is 6.66. The number of alkyl halides is 3.